The highest BCUT2D eigenvalue weighted by molar-refractivity contribution is 5.81. The summed E-state index contributed by atoms with van der Waals surface area (Å²) in [7, 11) is 1.86. The summed E-state index contributed by atoms with van der Waals surface area (Å²) < 4.78 is 4.90. The van der Waals surface area contributed by atoms with E-state index >= 15 is 0 Å². The van der Waals surface area contributed by atoms with Gasteiger partial charge in [0, 0.05) is 26.1 Å². The van der Waals surface area contributed by atoms with Crippen molar-refractivity contribution < 1.29 is 14.3 Å². The van der Waals surface area contributed by atoms with Crippen molar-refractivity contribution in [2.45, 2.75) is 38.5 Å². The molecular weight excluding hydrogens is 268 g/mol. The third-order valence-corrected chi connectivity index (χ3v) is 5.34. The normalized spacial score (nSPS) is 29.4. The Morgan fingerprint density at radius 1 is 1.33 bits per heavy atom. The van der Waals surface area contributed by atoms with E-state index in [0.717, 1.165) is 12.3 Å². The molecule has 0 aromatic heterocycles. The van der Waals surface area contributed by atoms with E-state index in [1.165, 1.54) is 32.1 Å². The minimum atomic E-state index is -0.248. The van der Waals surface area contributed by atoms with Gasteiger partial charge in [0.2, 0.25) is 5.91 Å². The van der Waals surface area contributed by atoms with Crippen LogP contribution in [0.2, 0.25) is 0 Å². The molecule has 21 heavy (non-hydrogen) atoms. The predicted octanol–water partition coefficient (Wildman–Crippen LogP) is 2.11. The van der Waals surface area contributed by atoms with Gasteiger partial charge in [0.15, 0.2) is 0 Å². The molecule has 2 atom stereocenters. The van der Waals surface area contributed by atoms with Crippen molar-refractivity contribution in [1.29, 1.82) is 0 Å². The maximum Gasteiger partial charge on any atom is 0.409 e. The van der Waals surface area contributed by atoms with Crippen molar-refractivity contribution in [2.75, 3.05) is 33.3 Å². The standard InChI is InChI=1S/C16H26N2O3/c1-17(7-8-18-9-10-21-16(18)20)15(19)14-11-13(14)12-5-3-2-4-6-12/h12-14H,2-11H2,1H3/t13-,14+/m0/s1. The Labute approximate surface area is 126 Å². The Hall–Kier alpha value is -1.26. The van der Waals surface area contributed by atoms with Crippen LogP contribution in [-0.4, -0.2) is 55.1 Å². The smallest absolute Gasteiger partial charge is 0.409 e. The molecule has 1 saturated heterocycles. The zero-order valence-electron chi connectivity index (χ0n) is 12.9. The van der Waals surface area contributed by atoms with Gasteiger partial charge in [0.25, 0.3) is 0 Å². The van der Waals surface area contributed by atoms with Crippen molar-refractivity contribution in [1.82, 2.24) is 9.80 Å². The second kappa shape index (κ2) is 6.24. The van der Waals surface area contributed by atoms with Gasteiger partial charge < -0.3 is 14.5 Å². The highest BCUT2D eigenvalue weighted by Gasteiger charge is 2.48. The number of likely N-dealkylation sites (N-methyl/N-ethyl adjacent to an activating group) is 1. The van der Waals surface area contributed by atoms with Crippen LogP contribution in [0.1, 0.15) is 38.5 Å². The van der Waals surface area contributed by atoms with Crippen molar-refractivity contribution >= 4 is 12.0 Å². The minimum absolute atomic E-state index is 0.248. The maximum atomic E-state index is 12.4. The summed E-state index contributed by atoms with van der Waals surface area (Å²) in [6.07, 6.45) is 7.52. The van der Waals surface area contributed by atoms with Gasteiger partial charge in [-0.25, -0.2) is 4.79 Å². The van der Waals surface area contributed by atoms with E-state index in [1.807, 2.05) is 7.05 Å². The summed E-state index contributed by atoms with van der Waals surface area (Å²) >= 11 is 0. The first-order valence-corrected chi connectivity index (χ1v) is 8.33. The summed E-state index contributed by atoms with van der Waals surface area (Å²) in [4.78, 5) is 27.3. The zero-order valence-corrected chi connectivity index (χ0v) is 12.9. The fourth-order valence-corrected chi connectivity index (χ4v) is 3.87. The van der Waals surface area contributed by atoms with Crippen LogP contribution in [0.4, 0.5) is 4.79 Å². The molecule has 5 heteroatoms. The molecule has 3 fully saturated rings. The Morgan fingerprint density at radius 3 is 2.76 bits per heavy atom. The Morgan fingerprint density at radius 2 is 2.10 bits per heavy atom. The molecule has 3 aliphatic rings. The fourth-order valence-electron chi connectivity index (χ4n) is 3.87. The van der Waals surface area contributed by atoms with Gasteiger partial charge in [0.05, 0.1) is 6.54 Å². The average Bonchev–Trinajstić information content (AvgIpc) is 3.21. The number of hydrogen-bond acceptors (Lipinski definition) is 3. The van der Waals surface area contributed by atoms with Crippen molar-refractivity contribution in [3.05, 3.63) is 0 Å². The molecule has 0 bridgehead atoms. The van der Waals surface area contributed by atoms with Crippen molar-refractivity contribution in [3.8, 4) is 0 Å². The number of ether oxygens (including phenoxy) is 1. The zero-order chi connectivity index (χ0) is 14.8. The maximum absolute atomic E-state index is 12.4. The molecule has 2 aliphatic carbocycles. The van der Waals surface area contributed by atoms with E-state index < -0.39 is 0 Å². The lowest BCUT2D eigenvalue weighted by Crippen LogP contribution is -2.37. The van der Waals surface area contributed by atoms with E-state index in [1.54, 1.807) is 9.80 Å². The molecule has 0 spiro atoms. The third-order valence-electron chi connectivity index (χ3n) is 5.34. The SMILES string of the molecule is CN(CCN1CCOC1=O)C(=O)[C@@H]1C[C@H]1C1CCCCC1. The molecule has 0 N–H and O–H groups in total. The number of hydrogen-bond donors (Lipinski definition) is 0. The number of cyclic esters (lactones) is 1. The Bertz CT molecular complexity index is 406. The molecule has 0 radical (unpaired) electrons. The summed E-state index contributed by atoms with van der Waals surface area (Å²) in [5, 5.41) is 0. The second-order valence-electron chi connectivity index (χ2n) is 6.77. The molecule has 2 amide bonds. The van der Waals surface area contributed by atoms with Gasteiger partial charge in [-0.3, -0.25) is 4.79 Å². The lowest BCUT2D eigenvalue weighted by atomic mass is 9.85. The molecule has 1 aliphatic heterocycles. The summed E-state index contributed by atoms with van der Waals surface area (Å²) in [5.41, 5.74) is 0. The molecule has 1 heterocycles. The van der Waals surface area contributed by atoms with Gasteiger partial charge in [-0.2, -0.15) is 0 Å². The quantitative estimate of drug-likeness (QED) is 0.780. The van der Waals surface area contributed by atoms with E-state index in [9.17, 15) is 9.59 Å². The number of amides is 2. The molecule has 118 valence electrons. The van der Waals surface area contributed by atoms with E-state index in [-0.39, 0.29) is 17.9 Å². The van der Waals surface area contributed by atoms with Crippen LogP contribution >= 0.6 is 0 Å². The van der Waals surface area contributed by atoms with Crippen LogP contribution in [0, 0.1) is 17.8 Å². The van der Waals surface area contributed by atoms with Crippen molar-refractivity contribution in [2.24, 2.45) is 17.8 Å². The number of carbonyl (C=O) groups is 2. The van der Waals surface area contributed by atoms with Gasteiger partial charge >= 0.3 is 6.09 Å². The highest BCUT2D eigenvalue weighted by Crippen LogP contribution is 2.50. The van der Waals surface area contributed by atoms with Crippen LogP contribution in [0.5, 0.6) is 0 Å². The second-order valence-corrected chi connectivity index (χ2v) is 6.77. The van der Waals surface area contributed by atoms with E-state index in [4.69, 9.17) is 4.74 Å². The molecule has 5 nitrogen and oxygen atoms in total. The lowest BCUT2D eigenvalue weighted by molar-refractivity contribution is -0.131. The largest absolute Gasteiger partial charge is 0.448 e. The van der Waals surface area contributed by atoms with E-state index in [2.05, 4.69) is 0 Å². The van der Waals surface area contributed by atoms with Gasteiger partial charge in [-0.05, 0) is 18.3 Å². The predicted molar refractivity (Wildman–Crippen MR) is 78.7 cm³/mol. The van der Waals surface area contributed by atoms with Crippen LogP contribution in [0.3, 0.4) is 0 Å². The monoisotopic (exact) mass is 294 g/mol. The first-order valence-electron chi connectivity index (χ1n) is 8.33. The first-order chi connectivity index (χ1) is 10.2. The molecule has 0 aromatic carbocycles. The number of rotatable bonds is 5. The van der Waals surface area contributed by atoms with E-state index in [0.29, 0.717) is 32.2 Å². The molecule has 2 saturated carbocycles. The third kappa shape index (κ3) is 3.33. The first kappa shape index (κ1) is 14.7. The Balaban J connectivity index is 1.42. The summed E-state index contributed by atoms with van der Waals surface area (Å²) in [5.74, 6) is 1.95. The minimum Gasteiger partial charge on any atom is -0.448 e. The summed E-state index contributed by atoms with van der Waals surface area (Å²) in [6.45, 7) is 2.32. The van der Waals surface area contributed by atoms with Gasteiger partial charge in [0.1, 0.15) is 6.61 Å². The number of carbonyl (C=O) groups excluding carboxylic acids is 2. The molecule has 0 aromatic rings. The molecular formula is C16H26N2O3. The average molecular weight is 294 g/mol. The lowest BCUT2D eigenvalue weighted by Gasteiger charge is -2.23. The van der Waals surface area contributed by atoms with Gasteiger partial charge in [-0.1, -0.05) is 32.1 Å². The van der Waals surface area contributed by atoms with Crippen molar-refractivity contribution in [3.63, 3.8) is 0 Å². The van der Waals surface area contributed by atoms with Crippen LogP contribution in [0.25, 0.3) is 0 Å². The van der Waals surface area contributed by atoms with Crippen LogP contribution in [-0.2, 0) is 9.53 Å². The highest BCUT2D eigenvalue weighted by atomic mass is 16.6. The van der Waals surface area contributed by atoms with Crippen LogP contribution < -0.4 is 0 Å². The fraction of sp³-hybridized carbons (Fsp3) is 0.875. The number of nitrogens with zero attached hydrogens (tertiary/aromatic N) is 2. The molecule has 3 rings (SSSR count). The van der Waals surface area contributed by atoms with Crippen LogP contribution in [0.15, 0.2) is 0 Å². The Kier molecular flexibility index (Phi) is 4.36. The topological polar surface area (TPSA) is 49.9 Å². The summed E-state index contributed by atoms with van der Waals surface area (Å²) in [6, 6.07) is 0. The van der Waals surface area contributed by atoms with Gasteiger partial charge in [-0.15, -0.1) is 0 Å². The molecule has 0 unspecified atom stereocenters.